The average Bonchev–Trinajstić information content (AvgIpc) is 2.58. The normalized spacial score (nSPS) is 18.1. The van der Waals surface area contributed by atoms with Crippen LogP contribution in [0.5, 0.6) is 0 Å². The highest BCUT2D eigenvalue weighted by atomic mass is 14.9. The van der Waals surface area contributed by atoms with E-state index < -0.39 is 0 Å². The molecule has 128 valence electrons. The second kappa shape index (κ2) is 6.25. The predicted molar refractivity (Wildman–Crippen MR) is 103 cm³/mol. The van der Waals surface area contributed by atoms with Crippen molar-refractivity contribution in [2.45, 2.75) is 45.1 Å². The van der Waals surface area contributed by atoms with Gasteiger partial charge in [-0.2, -0.15) is 5.26 Å². The molecule has 2 aromatic carbocycles. The zero-order valence-corrected chi connectivity index (χ0v) is 15.0. The number of nitrogens with one attached hydrogen (secondary N) is 2. The number of rotatable bonds is 3. The minimum Gasteiger partial charge on any atom is -0.398 e. The Bertz CT molecular complexity index is 874. The summed E-state index contributed by atoms with van der Waals surface area (Å²) in [4.78, 5) is 0. The van der Waals surface area contributed by atoms with E-state index in [1.54, 1.807) is 6.92 Å². The van der Waals surface area contributed by atoms with Gasteiger partial charge in [0.2, 0.25) is 0 Å². The van der Waals surface area contributed by atoms with Crippen molar-refractivity contribution >= 4 is 17.1 Å². The highest BCUT2D eigenvalue weighted by Crippen LogP contribution is 2.43. The molecule has 0 saturated heterocycles. The maximum atomic E-state index is 9.22. The molecule has 1 aliphatic rings. The smallest absolute Gasteiger partial charge is 0.0991 e. The van der Waals surface area contributed by atoms with Gasteiger partial charge in [0, 0.05) is 22.6 Å². The van der Waals surface area contributed by atoms with E-state index in [9.17, 15) is 5.26 Å². The molecular weight excluding hydrogens is 308 g/mol. The van der Waals surface area contributed by atoms with Gasteiger partial charge in [0.15, 0.2) is 0 Å². The molecule has 0 amide bonds. The summed E-state index contributed by atoms with van der Waals surface area (Å²) in [5.41, 5.74) is 12.1. The summed E-state index contributed by atoms with van der Waals surface area (Å²) in [7, 11) is 0. The Labute approximate surface area is 149 Å². The highest BCUT2D eigenvalue weighted by molar-refractivity contribution is 6.01. The topological polar surface area (TPSA) is 85.7 Å². The number of nitrogens with zero attached hydrogens (tertiary/aromatic N) is 1. The maximum absolute atomic E-state index is 9.22. The maximum Gasteiger partial charge on any atom is 0.0991 e. The van der Waals surface area contributed by atoms with Crippen molar-refractivity contribution < 1.29 is 0 Å². The molecule has 1 unspecified atom stereocenters. The van der Waals surface area contributed by atoms with Crippen LogP contribution in [0.2, 0.25) is 0 Å². The molecule has 4 nitrogen and oxygen atoms in total. The van der Waals surface area contributed by atoms with Gasteiger partial charge >= 0.3 is 0 Å². The minimum atomic E-state index is 0.0677. The van der Waals surface area contributed by atoms with Gasteiger partial charge in [-0.15, -0.1) is 0 Å². The summed E-state index contributed by atoms with van der Waals surface area (Å²) in [6, 6.07) is 14.2. The van der Waals surface area contributed by atoms with Crippen molar-refractivity contribution in [1.29, 1.82) is 10.7 Å². The number of fused-ring (bicyclic) bond motifs is 1. The Morgan fingerprint density at radius 3 is 2.72 bits per heavy atom. The fraction of sp³-hybridized carbons (Fsp3) is 0.333. The van der Waals surface area contributed by atoms with Gasteiger partial charge in [-0.05, 0) is 66.6 Å². The van der Waals surface area contributed by atoms with Crippen molar-refractivity contribution in [2.24, 2.45) is 0 Å². The van der Waals surface area contributed by atoms with Crippen LogP contribution < -0.4 is 11.1 Å². The Balaban J connectivity index is 1.97. The highest BCUT2D eigenvalue weighted by Gasteiger charge is 2.32. The number of benzene rings is 2. The van der Waals surface area contributed by atoms with E-state index in [2.05, 4.69) is 31.3 Å². The third-order valence-electron chi connectivity index (χ3n) is 5.14. The van der Waals surface area contributed by atoms with Gasteiger partial charge in [0.25, 0.3) is 0 Å². The van der Waals surface area contributed by atoms with Crippen molar-refractivity contribution in [3.8, 4) is 6.07 Å². The standard InChI is InChI=1S/C21H24N4/c1-13(23)17-11-15(5-7-19(17)24)25-20-8-9-21(2,3)18-10-14(12-22)4-6-16(18)20/h4-7,10-11,20,23,25H,8-9,24H2,1-3H3. The SMILES string of the molecule is CC(=N)c1cc(NC2CCC(C)(C)c3cc(C#N)ccc32)ccc1N. The summed E-state index contributed by atoms with van der Waals surface area (Å²) >= 11 is 0. The van der Waals surface area contributed by atoms with Crippen LogP contribution in [0.1, 0.15) is 61.9 Å². The van der Waals surface area contributed by atoms with E-state index in [0.717, 1.165) is 24.1 Å². The molecule has 0 bridgehead atoms. The molecule has 2 aromatic rings. The van der Waals surface area contributed by atoms with E-state index >= 15 is 0 Å². The molecule has 0 spiro atoms. The van der Waals surface area contributed by atoms with Gasteiger partial charge < -0.3 is 16.5 Å². The molecular formula is C21H24N4. The third kappa shape index (κ3) is 3.23. The molecule has 4 N–H and O–H groups in total. The van der Waals surface area contributed by atoms with Gasteiger partial charge in [0.1, 0.15) is 0 Å². The first-order valence-corrected chi connectivity index (χ1v) is 8.58. The lowest BCUT2D eigenvalue weighted by Crippen LogP contribution is -2.29. The fourth-order valence-electron chi connectivity index (χ4n) is 3.63. The van der Waals surface area contributed by atoms with Crippen molar-refractivity contribution in [2.75, 3.05) is 11.1 Å². The van der Waals surface area contributed by atoms with Crippen LogP contribution in [0, 0.1) is 16.7 Å². The molecule has 0 radical (unpaired) electrons. The quantitative estimate of drug-likeness (QED) is 0.560. The van der Waals surface area contributed by atoms with Crippen LogP contribution in [0.25, 0.3) is 0 Å². The number of hydrogen-bond donors (Lipinski definition) is 3. The summed E-state index contributed by atoms with van der Waals surface area (Å²) in [6.45, 7) is 6.23. The summed E-state index contributed by atoms with van der Waals surface area (Å²) < 4.78 is 0. The van der Waals surface area contributed by atoms with Crippen LogP contribution in [0.15, 0.2) is 36.4 Å². The lowest BCUT2D eigenvalue weighted by molar-refractivity contribution is 0.406. The van der Waals surface area contributed by atoms with E-state index in [1.807, 2.05) is 30.3 Å². The first-order chi connectivity index (χ1) is 11.8. The van der Waals surface area contributed by atoms with E-state index in [0.29, 0.717) is 17.0 Å². The van der Waals surface area contributed by atoms with Gasteiger partial charge in [-0.1, -0.05) is 19.9 Å². The lowest BCUT2D eigenvalue weighted by Gasteiger charge is -2.38. The molecule has 3 rings (SSSR count). The Morgan fingerprint density at radius 1 is 1.28 bits per heavy atom. The summed E-state index contributed by atoms with van der Waals surface area (Å²) in [5.74, 6) is 0. The largest absolute Gasteiger partial charge is 0.398 e. The van der Waals surface area contributed by atoms with Crippen LogP contribution >= 0.6 is 0 Å². The molecule has 4 heteroatoms. The van der Waals surface area contributed by atoms with Crippen LogP contribution in [-0.2, 0) is 5.41 Å². The number of nitriles is 1. The van der Waals surface area contributed by atoms with Gasteiger partial charge in [-0.25, -0.2) is 0 Å². The number of hydrogen-bond acceptors (Lipinski definition) is 4. The second-order valence-electron chi connectivity index (χ2n) is 7.46. The van der Waals surface area contributed by atoms with E-state index in [4.69, 9.17) is 11.1 Å². The van der Waals surface area contributed by atoms with Crippen LogP contribution in [-0.4, -0.2) is 5.71 Å². The Hall–Kier alpha value is -2.80. The molecule has 0 heterocycles. The first kappa shape index (κ1) is 17.0. The monoisotopic (exact) mass is 332 g/mol. The molecule has 0 saturated carbocycles. The van der Waals surface area contributed by atoms with Gasteiger partial charge in [0.05, 0.1) is 17.7 Å². The minimum absolute atomic E-state index is 0.0677. The number of nitrogens with two attached hydrogens (primary N) is 1. The number of nitrogen functional groups attached to an aromatic ring is 1. The average molecular weight is 332 g/mol. The number of anilines is 2. The molecule has 25 heavy (non-hydrogen) atoms. The van der Waals surface area contributed by atoms with Crippen LogP contribution in [0.4, 0.5) is 11.4 Å². The van der Waals surface area contributed by atoms with Crippen molar-refractivity contribution in [3.63, 3.8) is 0 Å². The Morgan fingerprint density at radius 2 is 2.04 bits per heavy atom. The third-order valence-corrected chi connectivity index (χ3v) is 5.14. The van der Waals surface area contributed by atoms with Crippen LogP contribution in [0.3, 0.4) is 0 Å². The molecule has 1 aliphatic carbocycles. The summed E-state index contributed by atoms with van der Waals surface area (Å²) in [5, 5.41) is 20.7. The van der Waals surface area contributed by atoms with Gasteiger partial charge in [-0.3, -0.25) is 0 Å². The Kier molecular flexibility index (Phi) is 4.26. The molecule has 0 fully saturated rings. The molecule has 0 aromatic heterocycles. The first-order valence-electron chi connectivity index (χ1n) is 8.58. The summed E-state index contributed by atoms with van der Waals surface area (Å²) in [6.07, 6.45) is 2.08. The fourth-order valence-corrected chi connectivity index (χ4v) is 3.63. The zero-order chi connectivity index (χ0) is 18.2. The van der Waals surface area contributed by atoms with E-state index in [1.165, 1.54) is 11.1 Å². The predicted octanol–water partition coefficient (Wildman–Crippen LogP) is 4.75. The molecule has 1 atom stereocenters. The lowest BCUT2D eigenvalue weighted by atomic mass is 9.70. The second-order valence-corrected chi connectivity index (χ2v) is 7.46. The molecule has 0 aliphatic heterocycles. The zero-order valence-electron chi connectivity index (χ0n) is 15.0. The van der Waals surface area contributed by atoms with Crippen molar-refractivity contribution in [1.82, 2.24) is 0 Å². The van der Waals surface area contributed by atoms with E-state index in [-0.39, 0.29) is 11.5 Å². The van der Waals surface area contributed by atoms with Crippen molar-refractivity contribution in [3.05, 3.63) is 58.7 Å².